The van der Waals surface area contributed by atoms with Crippen molar-refractivity contribution in [3.8, 4) is 0 Å². The van der Waals surface area contributed by atoms with Gasteiger partial charge in [0.25, 0.3) is 0 Å². The van der Waals surface area contributed by atoms with E-state index >= 15 is 0 Å². The van der Waals surface area contributed by atoms with Crippen LogP contribution < -0.4 is 16.2 Å². The number of carbonyl (C=O) groups is 1. The van der Waals surface area contributed by atoms with Crippen molar-refractivity contribution in [3.05, 3.63) is 11.9 Å². The Morgan fingerprint density at radius 1 is 1.25 bits per heavy atom. The minimum Gasteiger partial charge on any atom is -0.448 e. The van der Waals surface area contributed by atoms with E-state index in [4.69, 9.17) is 9.47 Å². The lowest BCUT2D eigenvalue weighted by atomic mass is 9.79. The molecule has 4 atom stereocenters. The van der Waals surface area contributed by atoms with Crippen LogP contribution in [0, 0.1) is 5.92 Å². The first-order valence-electron chi connectivity index (χ1n) is 8.73. The van der Waals surface area contributed by atoms with Gasteiger partial charge < -0.3 is 14.8 Å². The van der Waals surface area contributed by atoms with Gasteiger partial charge >= 0.3 is 6.09 Å². The summed E-state index contributed by atoms with van der Waals surface area (Å²) in [6, 6.07) is 0.605. The van der Waals surface area contributed by atoms with Crippen molar-refractivity contribution in [2.45, 2.75) is 50.4 Å². The van der Waals surface area contributed by atoms with E-state index in [2.05, 4.69) is 26.4 Å². The molecule has 4 rings (SSSR count). The van der Waals surface area contributed by atoms with Gasteiger partial charge in [0.05, 0.1) is 24.9 Å². The Balaban J connectivity index is 1.50. The van der Waals surface area contributed by atoms with Crippen molar-refractivity contribution < 1.29 is 14.3 Å². The van der Waals surface area contributed by atoms with E-state index in [1.165, 1.54) is 0 Å². The van der Waals surface area contributed by atoms with Crippen LogP contribution in [0.1, 0.15) is 37.4 Å². The van der Waals surface area contributed by atoms with Gasteiger partial charge in [0.2, 0.25) is 0 Å². The monoisotopic (exact) mass is 336 g/mol. The molecular weight excluding hydrogens is 312 g/mol. The first-order valence-corrected chi connectivity index (χ1v) is 8.73. The molecule has 3 heterocycles. The highest BCUT2D eigenvalue weighted by atomic mass is 16.5. The number of nitrogens with zero attached hydrogens (tertiary/aromatic N) is 3. The molecule has 4 bridgehead atoms. The van der Waals surface area contributed by atoms with Crippen molar-refractivity contribution in [2.75, 3.05) is 19.8 Å². The number of hydrazine groups is 1. The standard InChI is InChI=1S/C15H24N6O3/c22-15-16-4-1-6-23-10-2-3-12-11(8-10)14(19-18-12)13-9-17-21(20-13)5-7-24-15/h9-12,14,18-19H,1-8H2,(H,16,22). The van der Waals surface area contributed by atoms with Gasteiger partial charge in [-0.15, -0.1) is 0 Å². The number of hydrogen-bond donors (Lipinski definition) is 3. The summed E-state index contributed by atoms with van der Waals surface area (Å²) in [5.74, 6) is 0.456. The van der Waals surface area contributed by atoms with Gasteiger partial charge in [-0.05, 0) is 25.7 Å². The van der Waals surface area contributed by atoms with E-state index in [9.17, 15) is 4.79 Å². The Morgan fingerprint density at radius 3 is 3.17 bits per heavy atom. The first-order chi connectivity index (χ1) is 11.8. The third-order valence-electron chi connectivity index (χ3n) is 5.05. The Labute approximate surface area is 140 Å². The molecule has 24 heavy (non-hydrogen) atoms. The minimum absolute atomic E-state index is 0.146. The number of carbonyl (C=O) groups excluding carboxylic acids is 1. The lowest BCUT2D eigenvalue weighted by Gasteiger charge is -2.32. The largest absolute Gasteiger partial charge is 0.448 e. The molecule has 1 aromatic rings. The summed E-state index contributed by atoms with van der Waals surface area (Å²) in [6.45, 7) is 1.92. The fourth-order valence-electron chi connectivity index (χ4n) is 3.81. The average molecular weight is 336 g/mol. The summed E-state index contributed by atoms with van der Waals surface area (Å²) in [6.07, 6.45) is 5.62. The quantitative estimate of drug-likeness (QED) is 0.618. The van der Waals surface area contributed by atoms with Crippen LogP contribution in [0.2, 0.25) is 0 Å². The van der Waals surface area contributed by atoms with Crippen LogP contribution in [-0.2, 0) is 16.0 Å². The van der Waals surface area contributed by atoms with Crippen molar-refractivity contribution in [2.24, 2.45) is 5.92 Å². The Hall–Kier alpha value is -1.71. The van der Waals surface area contributed by atoms with Gasteiger partial charge in [0, 0.05) is 25.1 Å². The molecule has 4 unspecified atom stereocenters. The van der Waals surface area contributed by atoms with Crippen molar-refractivity contribution >= 4 is 6.09 Å². The summed E-state index contributed by atoms with van der Waals surface area (Å²) in [5.41, 5.74) is 7.70. The number of nitrogens with one attached hydrogen (secondary N) is 3. The van der Waals surface area contributed by atoms with Gasteiger partial charge in [-0.2, -0.15) is 15.0 Å². The van der Waals surface area contributed by atoms with Crippen LogP contribution in [0.4, 0.5) is 4.79 Å². The Bertz CT molecular complexity index is 579. The Kier molecular flexibility index (Phi) is 4.63. The third-order valence-corrected chi connectivity index (χ3v) is 5.05. The first kappa shape index (κ1) is 15.8. The molecule has 2 fully saturated rings. The predicted molar refractivity (Wildman–Crippen MR) is 83.9 cm³/mol. The van der Waals surface area contributed by atoms with E-state index < -0.39 is 6.09 Å². The number of rotatable bonds is 0. The van der Waals surface area contributed by atoms with Crippen LogP contribution in [-0.4, -0.2) is 53.0 Å². The molecule has 9 nitrogen and oxygen atoms in total. The minimum atomic E-state index is -0.406. The fourth-order valence-corrected chi connectivity index (χ4v) is 3.81. The molecule has 3 N–H and O–H groups in total. The zero-order chi connectivity index (χ0) is 16.4. The summed E-state index contributed by atoms with van der Waals surface area (Å²) >= 11 is 0. The molecule has 1 saturated carbocycles. The highest BCUT2D eigenvalue weighted by Crippen LogP contribution is 2.38. The number of fused-ring (bicyclic) bond motifs is 4. The van der Waals surface area contributed by atoms with E-state index in [1.807, 2.05) is 0 Å². The number of amides is 1. The molecule has 0 radical (unpaired) electrons. The topological polar surface area (TPSA) is 102 Å². The molecule has 0 spiro atoms. The molecule has 2 aliphatic heterocycles. The van der Waals surface area contributed by atoms with Crippen LogP contribution in [0.15, 0.2) is 6.20 Å². The summed E-state index contributed by atoms with van der Waals surface area (Å²) in [7, 11) is 0. The lowest BCUT2D eigenvalue weighted by Crippen LogP contribution is -2.37. The van der Waals surface area contributed by atoms with Gasteiger partial charge in [-0.3, -0.25) is 5.43 Å². The number of alkyl carbamates (subject to hydrolysis) is 1. The molecule has 1 amide bonds. The van der Waals surface area contributed by atoms with E-state index in [0.717, 1.165) is 31.4 Å². The third kappa shape index (κ3) is 3.38. The predicted octanol–water partition coefficient (Wildman–Crippen LogP) is 0.111. The number of aromatic nitrogens is 3. The molecule has 132 valence electrons. The van der Waals surface area contributed by atoms with Crippen molar-refractivity contribution in [1.82, 2.24) is 31.2 Å². The second-order valence-electron chi connectivity index (χ2n) is 6.62. The number of hydrogen-bond acceptors (Lipinski definition) is 7. The second kappa shape index (κ2) is 7.04. The van der Waals surface area contributed by atoms with Crippen LogP contribution in [0.25, 0.3) is 0 Å². The van der Waals surface area contributed by atoms with Gasteiger partial charge in [0.1, 0.15) is 12.3 Å². The molecule has 1 aromatic heterocycles. The fraction of sp³-hybridized carbons (Fsp3) is 0.800. The van der Waals surface area contributed by atoms with Crippen LogP contribution in [0.5, 0.6) is 0 Å². The average Bonchev–Trinajstić information content (AvgIpc) is 3.20. The van der Waals surface area contributed by atoms with E-state index in [1.54, 1.807) is 11.0 Å². The van der Waals surface area contributed by atoms with Crippen molar-refractivity contribution in [1.29, 1.82) is 0 Å². The summed E-state index contributed by atoms with van der Waals surface area (Å²) < 4.78 is 11.1. The molecule has 1 aliphatic carbocycles. The van der Waals surface area contributed by atoms with Crippen molar-refractivity contribution in [3.63, 3.8) is 0 Å². The molecule has 9 heteroatoms. The Morgan fingerprint density at radius 2 is 2.21 bits per heavy atom. The maximum Gasteiger partial charge on any atom is 0.407 e. The lowest BCUT2D eigenvalue weighted by molar-refractivity contribution is 0.00687. The molecule has 0 aromatic carbocycles. The summed E-state index contributed by atoms with van der Waals surface area (Å²) in [5, 5.41) is 11.6. The number of cyclic esters (lactones) is 1. The highest BCUT2D eigenvalue weighted by Gasteiger charge is 2.42. The zero-order valence-corrected chi connectivity index (χ0v) is 13.6. The van der Waals surface area contributed by atoms with Crippen LogP contribution >= 0.6 is 0 Å². The maximum absolute atomic E-state index is 11.6. The molecule has 3 aliphatic rings. The smallest absolute Gasteiger partial charge is 0.407 e. The van der Waals surface area contributed by atoms with Crippen LogP contribution in [0.3, 0.4) is 0 Å². The number of ether oxygens (including phenoxy) is 2. The zero-order valence-electron chi connectivity index (χ0n) is 13.6. The second-order valence-corrected chi connectivity index (χ2v) is 6.62. The van der Waals surface area contributed by atoms with E-state index in [0.29, 0.717) is 31.7 Å². The van der Waals surface area contributed by atoms with Gasteiger partial charge in [-0.1, -0.05) is 0 Å². The maximum atomic E-state index is 11.6. The normalized spacial score (nSPS) is 34.4. The summed E-state index contributed by atoms with van der Waals surface area (Å²) in [4.78, 5) is 13.2. The highest BCUT2D eigenvalue weighted by molar-refractivity contribution is 5.66. The SMILES string of the molecule is O=C1NCCCOC2CCC3NNC(c4cnn(n4)CCO1)C3C2. The van der Waals surface area contributed by atoms with E-state index in [-0.39, 0.29) is 18.8 Å². The molecule has 1 saturated heterocycles. The van der Waals surface area contributed by atoms with Gasteiger partial charge in [0.15, 0.2) is 0 Å². The van der Waals surface area contributed by atoms with Gasteiger partial charge in [-0.25, -0.2) is 10.2 Å². The molecular formula is C15H24N6O3.